The van der Waals surface area contributed by atoms with Crippen molar-refractivity contribution in [1.82, 2.24) is 0 Å². The fourth-order valence-corrected chi connectivity index (χ4v) is 0.0481. The molecule has 0 unspecified atom stereocenters. The molecule has 0 saturated carbocycles. The third-order valence-corrected chi connectivity index (χ3v) is 0.283. The molecule has 0 fully saturated rings. The summed E-state index contributed by atoms with van der Waals surface area (Å²) in [4.78, 5) is 9.72. The molecule has 4 heteroatoms. The van der Waals surface area contributed by atoms with E-state index in [-0.39, 0.29) is 16.5 Å². The maximum absolute atomic E-state index is 9.72. The average molecular weight is 141 g/mol. The molecule has 0 heterocycles. The fraction of sp³-hybridized carbons (Fsp3) is 0. The molecule has 0 aromatic rings. The maximum Gasteiger partial charge on any atom is 0.378 e. The summed E-state index contributed by atoms with van der Waals surface area (Å²) in [5.74, 6) is -0.616. The van der Waals surface area contributed by atoms with E-state index in [4.69, 9.17) is 0 Å². The number of carbonyl (C=O) groups is 1. The van der Waals surface area contributed by atoms with E-state index in [1.807, 2.05) is 0 Å². The molecule has 40 valence electrons. The molecule has 0 aliphatic rings. The SMILES string of the molecule is [B]OC(=O)C=C.[Ni]. The Balaban J connectivity index is 0. The van der Waals surface area contributed by atoms with E-state index in [2.05, 4.69) is 19.3 Å². The monoisotopic (exact) mass is 140 g/mol. The van der Waals surface area contributed by atoms with Gasteiger partial charge in [-0.05, 0) is 0 Å². The molecule has 2 nitrogen and oxygen atoms in total. The predicted molar refractivity (Wildman–Crippen MR) is 22.0 cm³/mol. The van der Waals surface area contributed by atoms with E-state index in [0.717, 1.165) is 6.08 Å². The van der Waals surface area contributed by atoms with Gasteiger partial charge in [0.2, 0.25) is 0 Å². The molecule has 7 heavy (non-hydrogen) atoms. The second-order valence-corrected chi connectivity index (χ2v) is 0.641. The molecule has 0 bridgehead atoms. The van der Waals surface area contributed by atoms with Crippen molar-refractivity contribution < 1.29 is 25.9 Å². The average Bonchev–Trinajstić information content (AvgIpc) is 1.65. The van der Waals surface area contributed by atoms with Crippen LogP contribution in [-0.4, -0.2) is 14.0 Å². The van der Waals surface area contributed by atoms with E-state index >= 15 is 0 Å². The Morgan fingerprint density at radius 2 is 2.29 bits per heavy atom. The van der Waals surface area contributed by atoms with Gasteiger partial charge < -0.3 is 4.65 Å². The van der Waals surface area contributed by atoms with Gasteiger partial charge in [-0.3, -0.25) is 0 Å². The summed E-state index contributed by atoms with van der Waals surface area (Å²) < 4.78 is 3.64. The first kappa shape index (κ1) is 9.90. The fourth-order valence-electron chi connectivity index (χ4n) is 0.0481. The Kier molecular flexibility index (Phi) is 8.16. The summed E-state index contributed by atoms with van der Waals surface area (Å²) in [6.07, 6.45) is 0.986. The summed E-state index contributed by atoms with van der Waals surface area (Å²) >= 11 is 0. The molecule has 0 N–H and O–H groups in total. The molecule has 0 saturated heterocycles. The second-order valence-electron chi connectivity index (χ2n) is 0.641. The number of hydrogen-bond acceptors (Lipinski definition) is 2. The van der Waals surface area contributed by atoms with Crippen LogP contribution in [0.4, 0.5) is 0 Å². The minimum absolute atomic E-state index is 0. The van der Waals surface area contributed by atoms with Crippen LogP contribution in [0.3, 0.4) is 0 Å². The van der Waals surface area contributed by atoms with Gasteiger partial charge in [-0.25, -0.2) is 4.79 Å². The van der Waals surface area contributed by atoms with E-state index < -0.39 is 5.97 Å². The zero-order chi connectivity index (χ0) is 4.99. The van der Waals surface area contributed by atoms with Crippen molar-refractivity contribution in [1.29, 1.82) is 0 Å². The smallest absolute Gasteiger partial charge is 0.378 e. The first-order valence-electron chi connectivity index (χ1n) is 1.34. The Morgan fingerprint density at radius 3 is 2.29 bits per heavy atom. The van der Waals surface area contributed by atoms with E-state index in [0.29, 0.717) is 0 Å². The second kappa shape index (κ2) is 5.77. The first-order valence-corrected chi connectivity index (χ1v) is 1.34. The van der Waals surface area contributed by atoms with Crippen LogP contribution in [0, 0.1) is 0 Å². The molecule has 0 aliphatic carbocycles. The Hall–Kier alpha value is -0.232. The molecule has 0 aromatic heterocycles. The van der Waals surface area contributed by atoms with Crippen LogP contribution in [0.15, 0.2) is 12.7 Å². The van der Waals surface area contributed by atoms with E-state index in [9.17, 15) is 4.79 Å². The molecule has 0 rings (SSSR count). The standard InChI is InChI=1S/C3H3BO2.Ni/c1-2-3(5)6-4;/h2H,1H2;. The summed E-state index contributed by atoms with van der Waals surface area (Å²) in [7, 11) is 4.36. The minimum Gasteiger partial charge on any atom is -0.540 e. The third-order valence-electron chi connectivity index (χ3n) is 0.283. The number of hydrogen-bond donors (Lipinski definition) is 0. The topological polar surface area (TPSA) is 26.3 Å². The Morgan fingerprint density at radius 1 is 1.86 bits per heavy atom. The predicted octanol–water partition coefficient (Wildman–Crippen LogP) is -0.203. The number of carbonyl (C=O) groups excluding carboxylic acids is 1. The molecule has 2 radical (unpaired) electrons. The van der Waals surface area contributed by atoms with Crippen molar-refractivity contribution >= 4 is 14.0 Å². The molecule has 0 atom stereocenters. The van der Waals surface area contributed by atoms with E-state index in [1.165, 1.54) is 0 Å². The van der Waals surface area contributed by atoms with Gasteiger partial charge in [0.15, 0.2) is 0 Å². The normalized spacial score (nSPS) is 5.71. The summed E-state index contributed by atoms with van der Waals surface area (Å²) in [5, 5.41) is 0. The first-order chi connectivity index (χ1) is 2.81. The van der Waals surface area contributed by atoms with Crippen LogP contribution in [-0.2, 0) is 25.9 Å². The zero-order valence-corrected chi connectivity index (χ0v) is 4.48. The van der Waals surface area contributed by atoms with Crippen LogP contribution < -0.4 is 0 Å². The van der Waals surface area contributed by atoms with E-state index in [1.54, 1.807) is 0 Å². The molecule has 0 amide bonds. The summed E-state index contributed by atoms with van der Waals surface area (Å²) in [6.45, 7) is 3.08. The van der Waals surface area contributed by atoms with Gasteiger partial charge in [0.25, 0.3) is 0 Å². The van der Waals surface area contributed by atoms with Crippen LogP contribution in [0.1, 0.15) is 0 Å². The van der Waals surface area contributed by atoms with Crippen molar-refractivity contribution in [3.8, 4) is 0 Å². The van der Waals surface area contributed by atoms with Gasteiger partial charge in [-0.2, -0.15) is 0 Å². The molecular formula is C3H3BNiO2. The minimum atomic E-state index is -0.616. The Bertz CT molecular complexity index is 73.3. The summed E-state index contributed by atoms with van der Waals surface area (Å²) in [6, 6.07) is 0. The zero-order valence-electron chi connectivity index (χ0n) is 3.49. The van der Waals surface area contributed by atoms with Crippen LogP contribution in [0.2, 0.25) is 0 Å². The van der Waals surface area contributed by atoms with Gasteiger partial charge >= 0.3 is 14.0 Å². The maximum atomic E-state index is 9.72. The van der Waals surface area contributed by atoms with Gasteiger partial charge in [-0.15, -0.1) is 0 Å². The quantitative estimate of drug-likeness (QED) is 0.372. The van der Waals surface area contributed by atoms with Crippen molar-refractivity contribution in [3.05, 3.63) is 12.7 Å². The van der Waals surface area contributed by atoms with Crippen molar-refractivity contribution in [3.63, 3.8) is 0 Å². The van der Waals surface area contributed by atoms with Gasteiger partial charge in [0.05, 0.1) is 0 Å². The van der Waals surface area contributed by atoms with Gasteiger partial charge in [0.1, 0.15) is 0 Å². The van der Waals surface area contributed by atoms with Gasteiger partial charge in [0, 0.05) is 22.6 Å². The summed E-state index contributed by atoms with van der Waals surface area (Å²) in [5.41, 5.74) is 0. The largest absolute Gasteiger partial charge is 0.540 e. The van der Waals surface area contributed by atoms with Crippen molar-refractivity contribution in [2.45, 2.75) is 0 Å². The molecule has 0 aliphatic heterocycles. The van der Waals surface area contributed by atoms with Gasteiger partial charge in [-0.1, -0.05) is 6.58 Å². The van der Waals surface area contributed by atoms with Crippen LogP contribution in [0.5, 0.6) is 0 Å². The van der Waals surface area contributed by atoms with Crippen LogP contribution >= 0.6 is 0 Å². The van der Waals surface area contributed by atoms with Crippen molar-refractivity contribution in [2.75, 3.05) is 0 Å². The Labute approximate surface area is 53.3 Å². The molecule has 0 aromatic carbocycles. The molecule has 0 spiro atoms. The number of rotatable bonds is 1. The third kappa shape index (κ3) is 5.77. The van der Waals surface area contributed by atoms with Crippen molar-refractivity contribution in [2.24, 2.45) is 0 Å². The molecular weight excluding hydrogens is 138 g/mol. The van der Waals surface area contributed by atoms with Crippen LogP contribution in [0.25, 0.3) is 0 Å².